The molecule has 0 radical (unpaired) electrons. The predicted octanol–water partition coefficient (Wildman–Crippen LogP) is 1.83. The Balaban J connectivity index is 2.87. The van der Waals surface area contributed by atoms with Gasteiger partial charge in [0, 0.05) is 0 Å². The topological polar surface area (TPSA) is 0 Å². The third-order valence-corrected chi connectivity index (χ3v) is 2.15. The molecule has 0 aliphatic heterocycles. The maximum atomic E-state index is 3.69. The molecule has 0 bridgehead atoms. The van der Waals surface area contributed by atoms with Gasteiger partial charge in [0.25, 0.3) is 0 Å². The van der Waals surface area contributed by atoms with Gasteiger partial charge < -0.3 is 0 Å². The summed E-state index contributed by atoms with van der Waals surface area (Å²) in [6.07, 6.45) is 4.12. The molecule has 0 atom stereocenters. The molecule has 0 aliphatic carbocycles. The average molecular weight is 148 g/mol. The van der Waals surface area contributed by atoms with Gasteiger partial charge in [-0.3, -0.25) is 0 Å². The molecule has 0 saturated heterocycles. The van der Waals surface area contributed by atoms with E-state index in [0.29, 0.717) is 0 Å². The van der Waals surface area contributed by atoms with Crippen LogP contribution in [-0.2, 0) is 0 Å². The number of thiophene rings is 1. The van der Waals surface area contributed by atoms with Crippen molar-refractivity contribution in [1.29, 1.82) is 0 Å². The fourth-order valence-corrected chi connectivity index (χ4v) is 1.47. The number of allylic oxidation sites excluding steroid dienone is 1. The van der Waals surface area contributed by atoms with E-state index in [2.05, 4.69) is 25.0 Å². The van der Waals surface area contributed by atoms with Gasteiger partial charge >= 0.3 is 65.8 Å². The summed E-state index contributed by atoms with van der Waals surface area (Å²) in [5, 5.41) is 2.12. The van der Waals surface area contributed by atoms with Gasteiger partial charge in [-0.2, -0.15) is 0 Å². The van der Waals surface area contributed by atoms with E-state index < -0.39 is 0 Å². The summed E-state index contributed by atoms with van der Waals surface area (Å²) in [5.41, 5.74) is 1.27. The third-order valence-electron chi connectivity index (χ3n) is 1.20. The third kappa shape index (κ3) is 1.68. The zero-order valence-corrected chi connectivity index (χ0v) is 6.82. The molecule has 0 aliphatic rings. The van der Waals surface area contributed by atoms with Crippen LogP contribution in [0.25, 0.3) is 6.08 Å². The number of hydrogen-bond acceptors (Lipinski definition) is 1. The van der Waals surface area contributed by atoms with Gasteiger partial charge in [0.1, 0.15) is 0 Å². The molecule has 2 heteroatoms. The molecule has 0 amide bonds. The Labute approximate surface area is 66.3 Å². The van der Waals surface area contributed by atoms with E-state index in [0.717, 1.165) is 0 Å². The van der Waals surface area contributed by atoms with Crippen molar-refractivity contribution in [2.24, 2.45) is 0 Å². The molecule has 0 spiro atoms. The van der Waals surface area contributed by atoms with Crippen molar-refractivity contribution in [3.05, 3.63) is 28.0 Å². The van der Waals surface area contributed by atoms with E-state index in [-0.39, 0.29) is 0 Å². The molecule has 1 aromatic heterocycles. The molecule has 0 aromatic carbocycles. The van der Waals surface area contributed by atoms with Crippen molar-refractivity contribution in [2.75, 3.05) is 0 Å². The zero-order valence-electron chi connectivity index (χ0n) is 6.00. The molecule has 1 rings (SSSR count). The van der Waals surface area contributed by atoms with Gasteiger partial charge in [0.05, 0.1) is 0 Å². The second kappa shape index (κ2) is 3.52. The van der Waals surface area contributed by atoms with Crippen molar-refractivity contribution in [1.82, 2.24) is 0 Å². The quantitative estimate of drug-likeness (QED) is 0.561. The van der Waals surface area contributed by atoms with Gasteiger partial charge in [0.15, 0.2) is 0 Å². The molecule has 0 unspecified atom stereocenters. The van der Waals surface area contributed by atoms with E-state index in [9.17, 15) is 0 Å². The van der Waals surface area contributed by atoms with Crippen molar-refractivity contribution >= 4 is 30.9 Å². The predicted molar refractivity (Wildman–Crippen MR) is 51.3 cm³/mol. The molecule has 10 heavy (non-hydrogen) atoms. The minimum atomic E-state index is 1.23. The van der Waals surface area contributed by atoms with Gasteiger partial charge in [0.2, 0.25) is 0 Å². The Hall–Kier alpha value is -0.625. The van der Waals surface area contributed by atoms with E-state index in [1.807, 2.05) is 19.0 Å². The fourth-order valence-electron chi connectivity index (χ4n) is 0.755. The van der Waals surface area contributed by atoms with Gasteiger partial charge in [-0.1, -0.05) is 0 Å². The van der Waals surface area contributed by atoms with E-state index >= 15 is 0 Å². The van der Waals surface area contributed by atoms with Crippen LogP contribution in [0.1, 0.15) is 17.4 Å². The SMILES string of the molecule is B=Cc1cc(/C=C/C)cs1. The fraction of sp³-hybridized carbons (Fsp3) is 0.125. The summed E-state index contributed by atoms with van der Waals surface area (Å²) < 4.78 is 0. The molecule has 0 fully saturated rings. The first-order chi connectivity index (χ1) is 4.86. The molecule has 0 N–H and O–H groups in total. The van der Waals surface area contributed by atoms with Crippen molar-refractivity contribution in [2.45, 2.75) is 6.92 Å². The van der Waals surface area contributed by atoms with E-state index in [4.69, 9.17) is 0 Å². The standard InChI is InChI=1S/C8H9BS/c1-2-3-7-4-8(5-9)10-6-7/h2-6,9H,1H3/b3-2+. The molecular weight excluding hydrogens is 139 g/mol. The van der Waals surface area contributed by atoms with Crippen LogP contribution in [0.2, 0.25) is 0 Å². The first-order valence-electron chi connectivity index (χ1n) is 3.20. The molecule has 1 aromatic rings. The van der Waals surface area contributed by atoms with Crippen LogP contribution >= 0.6 is 11.3 Å². The van der Waals surface area contributed by atoms with Crippen LogP contribution < -0.4 is 0 Å². The van der Waals surface area contributed by atoms with E-state index in [1.54, 1.807) is 11.3 Å². The van der Waals surface area contributed by atoms with Crippen LogP contribution in [0.5, 0.6) is 0 Å². The minimum absolute atomic E-state index is 1.23. The maximum absolute atomic E-state index is 3.69. The molecule has 0 saturated carbocycles. The number of rotatable bonds is 2. The second-order valence-electron chi connectivity index (χ2n) is 1.99. The Kier molecular flexibility index (Phi) is 2.63. The summed E-state index contributed by atoms with van der Waals surface area (Å²) >= 11 is 1.72. The normalized spacial score (nSPS) is 10.4. The summed E-state index contributed by atoms with van der Waals surface area (Å²) in [5.74, 6) is 1.87. The van der Waals surface area contributed by atoms with E-state index in [1.165, 1.54) is 10.4 Å². The summed E-state index contributed by atoms with van der Waals surface area (Å²) in [6.45, 7) is 2.02. The van der Waals surface area contributed by atoms with Crippen LogP contribution in [0.15, 0.2) is 17.5 Å². The first-order valence-corrected chi connectivity index (χ1v) is 4.08. The summed E-state index contributed by atoms with van der Waals surface area (Å²) in [6, 6.07) is 2.12. The van der Waals surface area contributed by atoms with Crippen LogP contribution in [0.4, 0.5) is 0 Å². The van der Waals surface area contributed by atoms with Crippen LogP contribution in [0.3, 0.4) is 0 Å². The number of hydrogen-bond donors (Lipinski definition) is 0. The molecular formula is C8H9BS. The monoisotopic (exact) mass is 148 g/mol. The summed E-state index contributed by atoms with van der Waals surface area (Å²) in [4.78, 5) is 1.23. The Morgan fingerprint density at radius 1 is 1.60 bits per heavy atom. The van der Waals surface area contributed by atoms with Crippen molar-refractivity contribution in [3.63, 3.8) is 0 Å². The molecule has 0 nitrogen and oxygen atoms in total. The first kappa shape index (κ1) is 7.48. The van der Waals surface area contributed by atoms with Crippen LogP contribution in [0, 0.1) is 0 Å². The Bertz CT molecular complexity index is 248. The Morgan fingerprint density at radius 2 is 2.40 bits per heavy atom. The second-order valence-corrected chi connectivity index (χ2v) is 2.93. The average Bonchev–Trinajstić information content (AvgIpc) is 2.37. The van der Waals surface area contributed by atoms with Gasteiger partial charge in [-0.25, -0.2) is 0 Å². The van der Waals surface area contributed by atoms with Crippen molar-refractivity contribution < 1.29 is 0 Å². The van der Waals surface area contributed by atoms with Crippen molar-refractivity contribution in [3.8, 4) is 0 Å². The molecule has 50 valence electrons. The Morgan fingerprint density at radius 3 is 2.90 bits per heavy atom. The molecule has 1 heterocycles. The van der Waals surface area contributed by atoms with Crippen LogP contribution in [-0.4, -0.2) is 13.5 Å². The van der Waals surface area contributed by atoms with Gasteiger partial charge in [-0.15, -0.1) is 0 Å². The summed E-state index contributed by atoms with van der Waals surface area (Å²) in [7, 11) is 3.69. The van der Waals surface area contributed by atoms with Gasteiger partial charge in [-0.05, 0) is 0 Å². The zero-order chi connectivity index (χ0) is 7.40.